The molecule has 21 heavy (non-hydrogen) atoms. The number of rotatable bonds is 5. The average Bonchev–Trinajstić information content (AvgIpc) is 2.46. The van der Waals surface area contributed by atoms with Gasteiger partial charge in [-0.3, -0.25) is 10.1 Å². The molecule has 1 heterocycles. The van der Waals surface area contributed by atoms with Crippen molar-refractivity contribution in [1.29, 1.82) is 0 Å². The zero-order chi connectivity index (χ0) is 15.4. The van der Waals surface area contributed by atoms with Crippen LogP contribution < -0.4 is 4.74 Å². The van der Waals surface area contributed by atoms with E-state index in [0.29, 0.717) is 5.75 Å². The molecule has 0 fully saturated rings. The number of hydrogen-bond acceptors (Lipinski definition) is 5. The quantitative estimate of drug-likeness (QED) is 0.476. The Morgan fingerprint density at radius 3 is 2.71 bits per heavy atom. The second kappa shape index (κ2) is 6.58. The van der Waals surface area contributed by atoms with Crippen LogP contribution in [0, 0.1) is 24.0 Å². The van der Waals surface area contributed by atoms with Crippen molar-refractivity contribution < 1.29 is 9.66 Å². The Kier molecular flexibility index (Phi) is 4.80. The number of hydrogen-bond donors (Lipinski definition) is 0. The molecular weight excluding hydrogens is 288 g/mol. The molecule has 0 N–H and O–H groups in total. The van der Waals surface area contributed by atoms with E-state index in [1.165, 1.54) is 11.8 Å². The van der Waals surface area contributed by atoms with E-state index in [1.54, 1.807) is 24.9 Å². The maximum Gasteiger partial charge on any atom is 0.287 e. The SMILES string of the molecule is COc1ccc(C)cc1CSc1ncc([N+](=O)[O-])cc1C. The summed E-state index contributed by atoms with van der Waals surface area (Å²) >= 11 is 1.55. The molecule has 0 aliphatic carbocycles. The van der Waals surface area contributed by atoms with Gasteiger partial charge in [-0.2, -0.15) is 0 Å². The van der Waals surface area contributed by atoms with Crippen molar-refractivity contribution in [2.45, 2.75) is 24.6 Å². The van der Waals surface area contributed by atoms with Gasteiger partial charge in [0.25, 0.3) is 5.69 Å². The summed E-state index contributed by atoms with van der Waals surface area (Å²) in [6.45, 7) is 3.86. The monoisotopic (exact) mass is 304 g/mol. The number of thioether (sulfide) groups is 1. The Labute approximate surface area is 127 Å². The first kappa shape index (κ1) is 15.3. The van der Waals surface area contributed by atoms with Gasteiger partial charge in [0.2, 0.25) is 0 Å². The molecule has 2 rings (SSSR count). The summed E-state index contributed by atoms with van der Waals surface area (Å²) in [4.78, 5) is 14.4. The number of nitrogens with zero attached hydrogens (tertiary/aromatic N) is 2. The minimum absolute atomic E-state index is 0.0185. The number of pyridine rings is 1. The molecular formula is C15H16N2O3S. The van der Waals surface area contributed by atoms with Crippen molar-refractivity contribution in [2.75, 3.05) is 7.11 Å². The molecule has 0 radical (unpaired) electrons. The molecule has 0 atom stereocenters. The highest BCUT2D eigenvalue weighted by atomic mass is 32.2. The number of aryl methyl sites for hydroxylation is 2. The predicted molar refractivity (Wildman–Crippen MR) is 82.9 cm³/mol. The molecule has 0 aliphatic heterocycles. The summed E-state index contributed by atoms with van der Waals surface area (Å²) in [5.41, 5.74) is 3.08. The maximum atomic E-state index is 10.7. The first-order chi connectivity index (χ1) is 10.0. The molecule has 1 aromatic heterocycles. The van der Waals surface area contributed by atoms with Gasteiger partial charge in [0.1, 0.15) is 11.9 Å². The first-order valence-electron chi connectivity index (χ1n) is 6.38. The largest absolute Gasteiger partial charge is 0.496 e. The predicted octanol–water partition coefficient (Wildman–Crippen LogP) is 3.91. The van der Waals surface area contributed by atoms with Gasteiger partial charge in [0.15, 0.2) is 0 Å². The topological polar surface area (TPSA) is 65.3 Å². The standard InChI is InChI=1S/C15H16N2O3S/c1-10-4-5-14(20-3)12(6-10)9-21-15-11(2)7-13(8-16-15)17(18)19/h4-8H,9H2,1-3H3. The van der Waals surface area contributed by atoms with E-state index in [4.69, 9.17) is 4.74 Å². The van der Waals surface area contributed by atoms with Crippen LogP contribution in [-0.4, -0.2) is 17.0 Å². The summed E-state index contributed by atoms with van der Waals surface area (Å²) in [5, 5.41) is 11.5. The fourth-order valence-corrected chi connectivity index (χ4v) is 2.90. The molecule has 6 heteroatoms. The van der Waals surface area contributed by atoms with Crippen molar-refractivity contribution >= 4 is 17.4 Å². The summed E-state index contributed by atoms with van der Waals surface area (Å²) in [7, 11) is 1.65. The van der Waals surface area contributed by atoms with Crippen LogP contribution in [0.1, 0.15) is 16.7 Å². The Morgan fingerprint density at radius 2 is 2.10 bits per heavy atom. The van der Waals surface area contributed by atoms with E-state index >= 15 is 0 Å². The van der Waals surface area contributed by atoms with Crippen molar-refractivity contribution in [3.05, 3.63) is 57.3 Å². The lowest BCUT2D eigenvalue weighted by molar-refractivity contribution is -0.385. The number of nitro groups is 1. The lowest BCUT2D eigenvalue weighted by Crippen LogP contribution is -1.94. The summed E-state index contributed by atoms with van der Waals surface area (Å²) in [6, 6.07) is 7.57. The number of ether oxygens (including phenoxy) is 1. The first-order valence-corrected chi connectivity index (χ1v) is 7.37. The van der Waals surface area contributed by atoms with E-state index in [9.17, 15) is 10.1 Å². The van der Waals surface area contributed by atoms with Crippen LogP contribution in [0.5, 0.6) is 5.75 Å². The van der Waals surface area contributed by atoms with Gasteiger partial charge in [-0.05, 0) is 25.5 Å². The third kappa shape index (κ3) is 3.72. The zero-order valence-corrected chi connectivity index (χ0v) is 12.9. The second-order valence-corrected chi connectivity index (χ2v) is 5.64. The molecule has 0 amide bonds. The van der Waals surface area contributed by atoms with Gasteiger partial charge in [-0.25, -0.2) is 4.98 Å². The molecule has 0 saturated carbocycles. The molecule has 0 spiro atoms. The van der Waals surface area contributed by atoms with Gasteiger partial charge in [0, 0.05) is 17.4 Å². The third-order valence-corrected chi connectivity index (χ3v) is 4.18. The van der Waals surface area contributed by atoms with Crippen LogP contribution in [0.25, 0.3) is 0 Å². The van der Waals surface area contributed by atoms with E-state index in [-0.39, 0.29) is 5.69 Å². The van der Waals surface area contributed by atoms with E-state index < -0.39 is 4.92 Å². The number of aromatic nitrogens is 1. The van der Waals surface area contributed by atoms with Crippen LogP contribution in [0.3, 0.4) is 0 Å². The van der Waals surface area contributed by atoms with Crippen molar-refractivity contribution in [1.82, 2.24) is 4.98 Å². The van der Waals surface area contributed by atoms with Gasteiger partial charge in [0.05, 0.1) is 17.1 Å². The normalized spacial score (nSPS) is 10.4. The molecule has 5 nitrogen and oxygen atoms in total. The van der Waals surface area contributed by atoms with Gasteiger partial charge in [-0.15, -0.1) is 11.8 Å². The Morgan fingerprint density at radius 1 is 1.33 bits per heavy atom. The van der Waals surface area contributed by atoms with Crippen LogP contribution in [0.4, 0.5) is 5.69 Å². The third-order valence-electron chi connectivity index (χ3n) is 3.03. The van der Waals surface area contributed by atoms with E-state index in [2.05, 4.69) is 11.1 Å². The highest BCUT2D eigenvalue weighted by Gasteiger charge is 2.11. The Hall–Kier alpha value is -2.08. The number of methoxy groups -OCH3 is 1. The summed E-state index contributed by atoms with van der Waals surface area (Å²) < 4.78 is 5.35. The summed E-state index contributed by atoms with van der Waals surface area (Å²) in [6.07, 6.45) is 1.29. The Bertz CT molecular complexity index is 674. The van der Waals surface area contributed by atoms with Crippen molar-refractivity contribution in [3.8, 4) is 5.75 Å². The lowest BCUT2D eigenvalue weighted by Gasteiger charge is -2.10. The Balaban J connectivity index is 2.17. The fourth-order valence-electron chi connectivity index (χ4n) is 1.96. The summed E-state index contributed by atoms with van der Waals surface area (Å²) in [5.74, 6) is 1.55. The average molecular weight is 304 g/mol. The smallest absolute Gasteiger partial charge is 0.287 e. The molecule has 0 saturated heterocycles. The lowest BCUT2D eigenvalue weighted by atomic mass is 10.1. The van der Waals surface area contributed by atoms with Crippen molar-refractivity contribution in [3.63, 3.8) is 0 Å². The number of benzene rings is 1. The van der Waals surface area contributed by atoms with Crippen LogP contribution in [0.2, 0.25) is 0 Å². The second-order valence-electron chi connectivity index (χ2n) is 4.68. The minimum atomic E-state index is -0.433. The van der Waals surface area contributed by atoms with Crippen LogP contribution in [0.15, 0.2) is 35.5 Å². The fraction of sp³-hybridized carbons (Fsp3) is 0.267. The highest BCUT2D eigenvalue weighted by Crippen LogP contribution is 2.30. The molecule has 0 unspecified atom stereocenters. The zero-order valence-electron chi connectivity index (χ0n) is 12.1. The van der Waals surface area contributed by atoms with Gasteiger partial charge in [-0.1, -0.05) is 17.7 Å². The molecule has 0 bridgehead atoms. The van der Waals surface area contributed by atoms with Gasteiger partial charge < -0.3 is 4.74 Å². The highest BCUT2D eigenvalue weighted by molar-refractivity contribution is 7.98. The van der Waals surface area contributed by atoms with Gasteiger partial charge >= 0.3 is 0 Å². The van der Waals surface area contributed by atoms with Crippen molar-refractivity contribution in [2.24, 2.45) is 0 Å². The molecule has 1 aromatic carbocycles. The molecule has 110 valence electrons. The van der Waals surface area contributed by atoms with Crippen LogP contribution in [-0.2, 0) is 5.75 Å². The molecule has 2 aromatic rings. The van der Waals surface area contributed by atoms with Crippen LogP contribution >= 0.6 is 11.8 Å². The van der Waals surface area contributed by atoms with E-state index in [0.717, 1.165) is 21.9 Å². The minimum Gasteiger partial charge on any atom is -0.496 e. The van der Waals surface area contributed by atoms with E-state index in [1.807, 2.05) is 26.0 Å². The maximum absolute atomic E-state index is 10.7. The molecule has 0 aliphatic rings.